The number of nitrogens with one attached hydrogen (secondary N) is 1. The minimum absolute atomic E-state index is 0. The fraction of sp³-hybridized carbons (Fsp3) is 0.625. The second-order valence-electron chi connectivity index (χ2n) is 8.81. The number of aliphatic imine (C=N–C) groups is 1. The molecule has 8 heteroatoms. The molecule has 1 N–H and O–H groups in total. The van der Waals surface area contributed by atoms with E-state index in [1.54, 1.807) is 11.8 Å². The topological polar surface area (TPSA) is 58.3 Å². The lowest BCUT2D eigenvalue weighted by molar-refractivity contribution is 0.259. The van der Waals surface area contributed by atoms with Gasteiger partial charge in [-0.05, 0) is 49.3 Å². The summed E-state index contributed by atoms with van der Waals surface area (Å²) in [4.78, 5) is 6.95. The molecule has 2 aromatic rings. The van der Waals surface area contributed by atoms with Crippen molar-refractivity contribution in [1.29, 1.82) is 0 Å². The number of likely N-dealkylation sites (tertiary alicyclic amines) is 1. The minimum Gasteiger partial charge on any atom is -0.356 e. The standard InChI is InChI=1S/C24H38N6S.HI/c1-19(2)18-30-22(27-28-24(30)31-4)11-8-14-26-23(25-3)29-15-12-21(13-16-29)17-20-9-6-5-7-10-20;/h5-7,9-10,19,21H,8,11-18H2,1-4H3,(H,25,26);1H. The Morgan fingerprint density at radius 2 is 1.91 bits per heavy atom. The van der Waals surface area contributed by atoms with Crippen LogP contribution in [0, 0.1) is 11.8 Å². The number of guanidine groups is 1. The van der Waals surface area contributed by atoms with Crippen LogP contribution in [-0.4, -0.2) is 58.6 Å². The highest BCUT2D eigenvalue weighted by Gasteiger charge is 2.21. The number of rotatable bonds is 9. The number of nitrogens with zero attached hydrogens (tertiary/aromatic N) is 5. The van der Waals surface area contributed by atoms with E-state index in [0.717, 1.165) is 61.9 Å². The van der Waals surface area contributed by atoms with Crippen LogP contribution in [0.25, 0.3) is 0 Å². The summed E-state index contributed by atoms with van der Waals surface area (Å²) in [5, 5.41) is 13.4. The van der Waals surface area contributed by atoms with Gasteiger partial charge in [-0.25, -0.2) is 0 Å². The quantitative estimate of drug-likeness (QED) is 0.155. The van der Waals surface area contributed by atoms with Gasteiger partial charge < -0.3 is 14.8 Å². The fourth-order valence-corrected chi connectivity index (χ4v) is 4.80. The molecular formula is C24H39IN6S. The molecule has 0 aliphatic carbocycles. The number of piperidine rings is 1. The van der Waals surface area contributed by atoms with Gasteiger partial charge in [0.1, 0.15) is 5.82 Å². The molecule has 1 aromatic carbocycles. The van der Waals surface area contributed by atoms with Crippen LogP contribution >= 0.6 is 35.7 Å². The van der Waals surface area contributed by atoms with Crippen molar-refractivity contribution >= 4 is 41.7 Å². The summed E-state index contributed by atoms with van der Waals surface area (Å²) in [5.74, 6) is 3.49. The first-order valence-electron chi connectivity index (χ1n) is 11.6. The zero-order valence-electron chi connectivity index (χ0n) is 20.0. The van der Waals surface area contributed by atoms with Gasteiger partial charge in [-0.3, -0.25) is 4.99 Å². The Morgan fingerprint density at radius 3 is 2.53 bits per heavy atom. The van der Waals surface area contributed by atoms with Crippen molar-refractivity contribution in [3.8, 4) is 0 Å². The SMILES string of the molecule is CN=C(NCCCc1nnc(SC)n1CC(C)C)N1CCC(Cc2ccccc2)CC1.I. The van der Waals surface area contributed by atoms with Crippen molar-refractivity contribution in [2.75, 3.05) is 32.9 Å². The van der Waals surface area contributed by atoms with Crippen molar-refractivity contribution < 1.29 is 0 Å². The Labute approximate surface area is 215 Å². The Kier molecular flexibility index (Phi) is 11.9. The Morgan fingerprint density at radius 1 is 1.19 bits per heavy atom. The molecule has 0 bridgehead atoms. The molecule has 0 saturated carbocycles. The molecule has 1 aromatic heterocycles. The molecule has 0 amide bonds. The Balaban J connectivity index is 0.00000363. The van der Waals surface area contributed by atoms with E-state index in [0.29, 0.717) is 5.92 Å². The summed E-state index contributed by atoms with van der Waals surface area (Å²) in [6, 6.07) is 10.9. The maximum Gasteiger partial charge on any atom is 0.193 e. The lowest BCUT2D eigenvalue weighted by atomic mass is 9.90. The smallest absolute Gasteiger partial charge is 0.193 e. The normalized spacial score (nSPS) is 15.2. The summed E-state index contributed by atoms with van der Waals surface area (Å²) >= 11 is 1.67. The molecule has 1 aliphatic rings. The van der Waals surface area contributed by atoms with Gasteiger partial charge >= 0.3 is 0 Å². The molecular weight excluding hydrogens is 531 g/mol. The lowest BCUT2D eigenvalue weighted by Crippen LogP contribution is -2.46. The molecule has 178 valence electrons. The van der Waals surface area contributed by atoms with Gasteiger partial charge in [0.05, 0.1) is 0 Å². The average Bonchev–Trinajstić information content (AvgIpc) is 3.16. The van der Waals surface area contributed by atoms with Gasteiger partial charge in [-0.2, -0.15) is 0 Å². The second kappa shape index (κ2) is 14.1. The summed E-state index contributed by atoms with van der Waals surface area (Å²) < 4.78 is 2.28. The van der Waals surface area contributed by atoms with Crippen molar-refractivity contribution in [2.24, 2.45) is 16.8 Å². The zero-order valence-corrected chi connectivity index (χ0v) is 23.1. The fourth-order valence-electron chi connectivity index (χ4n) is 4.28. The summed E-state index contributed by atoms with van der Waals surface area (Å²) in [7, 11) is 1.89. The van der Waals surface area contributed by atoms with Crippen LogP contribution in [0.15, 0.2) is 40.5 Å². The third-order valence-electron chi connectivity index (χ3n) is 5.88. The highest BCUT2D eigenvalue weighted by molar-refractivity contribution is 14.0. The summed E-state index contributed by atoms with van der Waals surface area (Å²) in [6.45, 7) is 8.52. The molecule has 0 spiro atoms. The molecule has 2 heterocycles. The zero-order chi connectivity index (χ0) is 22.1. The molecule has 1 fully saturated rings. The van der Waals surface area contributed by atoms with Gasteiger partial charge in [0.2, 0.25) is 0 Å². The summed E-state index contributed by atoms with van der Waals surface area (Å²) in [5.41, 5.74) is 1.46. The van der Waals surface area contributed by atoms with Gasteiger partial charge in [0.25, 0.3) is 0 Å². The monoisotopic (exact) mass is 570 g/mol. The van der Waals surface area contributed by atoms with Crippen molar-refractivity contribution in [3.05, 3.63) is 41.7 Å². The predicted octanol–water partition coefficient (Wildman–Crippen LogP) is 4.74. The molecule has 0 radical (unpaired) electrons. The van der Waals surface area contributed by atoms with Gasteiger partial charge in [-0.15, -0.1) is 34.2 Å². The number of hydrogen-bond acceptors (Lipinski definition) is 4. The van der Waals surface area contributed by atoms with E-state index in [2.05, 4.69) is 80.4 Å². The van der Waals surface area contributed by atoms with Crippen LogP contribution in [0.3, 0.4) is 0 Å². The first-order chi connectivity index (χ1) is 15.1. The second-order valence-corrected chi connectivity index (χ2v) is 9.58. The van der Waals surface area contributed by atoms with Crippen LogP contribution in [0.1, 0.15) is 44.5 Å². The van der Waals surface area contributed by atoms with Crippen LogP contribution in [0.4, 0.5) is 0 Å². The maximum atomic E-state index is 4.53. The first kappa shape index (κ1) is 27.0. The summed E-state index contributed by atoms with van der Waals surface area (Å²) in [6.07, 6.45) is 7.67. The molecule has 6 nitrogen and oxygen atoms in total. The number of thioether (sulfide) groups is 1. The third kappa shape index (κ3) is 7.93. The lowest BCUT2D eigenvalue weighted by Gasteiger charge is -2.34. The van der Waals surface area contributed by atoms with Crippen LogP contribution in [0.5, 0.6) is 0 Å². The van der Waals surface area contributed by atoms with Gasteiger partial charge in [0, 0.05) is 39.6 Å². The van der Waals surface area contributed by atoms with E-state index in [1.165, 1.54) is 24.8 Å². The molecule has 32 heavy (non-hydrogen) atoms. The van der Waals surface area contributed by atoms with Crippen molar-refractivity contribution in [1.82, 2.24) is 25.0 Å². The van der Waals surface area contributed by atoms with Crippen LogP contribution in [-0.2, 0) is 19.4 Å². The first-order valence-corrected chi connectivity index (χ1v) is 12.8. The number of halogens is 1. The molecule has 3 rings (SSSR count). The van der Waals surface area contributed by atoms with Crippen LogP contribution in [0.2, 0.25) is 0 Å². The number of aromatic nitrogens is 3. The van der Waals surface area contributed by atoms with E-state index < -0.39 is 0 Å². The van der Waals surface area contributed by atoms with E-state index in [9.17, 15) is 0 Å². The molecule has 1 aliphatic heterocycles. The van der Waals surface area contributed by atoms with E-state index in [-0.39, 0.29) is 24.0 Å². The average molecular weight is 571 g/mol. The number of aryl methyl sites for hydroxylation is 1. The third-order valence-corrected chi connectivity index (χ3v) is 6.54. The predicted molar refractivity (Wildman–Crippen MR) is 146 cm³/mol. The van der Waals surface area contributed by atoms with Crippen molar-refractivity contribution in [2.45, 2.75) is 57.7 Å². The van der Waals surface area contributed by atoms with Gasteiger partial charge in [0.15, 0.2) is 11.1 Å². The maximum absolute atomic E-state index is 4.53. The van der Waals surface area contributed by atoms with Gasteiger partial charge in [-0.1, -0.05) is 55.9 Å². The van der Waals surface area contributed by atoms with Crippen LogP contribution < -0.4 is 5.32 Å². The minimum atomic E-state index is 0. The van der Waals surface area contributed by atoms with E-state index in [1.807, 2.05) is 7.05 Å². The van der Waals surface area contributed by atoms with E-state index >= 15 is 0 Å². The molecule has 0 unspecified atom stereocenters. The van der Waals surface area contributed by atoms with Crippen molar-refractivity contribution in [3.63, 3.8) is 0 Å². The highest BCUT2D eigenvalue weighted by atomic mass is 127. The van der Waals surface area contributed by atoms with E-state index in [4.69, 9.17) is 0 Å². The number of hydrogen-bond donors (Lipinski definition) is 1. The number of benzene rings is 1. The Bertz CT molecular complexity index is 815. The Hall–Kier alpha value is -1.29. The molecule has 1 saturated heterocycles. The molecule has 0 atom stereocenters. The largest absolute Gasteiger partial charge is 0.356 e. The highest BCUT2D eigenvalue weighted by Crippen LogP contribution is 2.22.